The SMILES string of the molecule is COc1cc(-c2nc(C3CCN(C)CC3)n3ccnc(C)c23)ccc1NC(=O)c1cc2c(F)cccc2n1C. The van der Waals surface area contributed by atoms with Gasteiger partial charge in [0.1, 0.15) is 23.1 Å². The minimum absolute atomic E-state index is 0.351. The third-order valence-corrected chi connectivity index (χ3v) is 7.84. The maximum atomic E-state index is 14.3. The van der Waals surface area contributed by atoms with Crippen molar-refractivity contribution >= 4 is 28.0 Å². The Morgan fingerprint density at radius 1 is 1.13 bits per heavy atom. The van der Waals surface area contributed by atoms with Crippen LogP contribution in [-0.2, 0) is 7.05 Å². The Balaban J connectivity index is 1.36. The molecule has 1 saturated heterocycles. The van der Waals surface area contributed by atoms with Gasteiger partial charge in [-0.2, -0.15) is 0 Å². The minimum Gasteiger partial charge on any atom is -0.495 e. The normalized spacial score (nSPS) is 14.8. The molecule has 0 unspecified atom stereocenters. The first kappa shape index (κ1) is 25.1. The van der Waals surface area contributed by atoms with Crippen LogP contribution in [0.25, 0.3) is 27.7 Å². The highest BCUT2D eigenvalue weighted by Gasteiger charge is 2.26. The smallest absolute Gasteiger partial charge is 0.272 e. The van der Waals surface area contributed by atoms with Crippen molar-refractivity contribution in [1.82, 2.24) is 23.8 Å². The van der Waals surface area contributed by atoms with E-state index >= 15 is 0 Å². The number of aromatic nitrogens is 4. The fourth-order valence-electron chi connectivity index (χ4n) is 5.65. The van der Waals surface area contributed by atoms with E-state index in [0.29, 0.717) is 34.0 Å². The number of rotatable bonds is 5. The molecule has 3 aromatic heterocycles. The van der Waals surface area contributed by atoms with Crippen molar-refractivity contribution in [2.24, 2.45) is 7.05 Å². The van der Waals surface area contributed by atoms with Gasteiger partial charge in [-0.1, -0.05) is 12.1 Å². The summed E-state index contributed by atoms with van der Waals surface area (Å²) < 4.78 is 23.8. The van der Waals surface area contributed by atoms with Gasteiger partial charge in [-0.15, -0.1) is 0 Å². The summed E-state index contributed by atoms with van der Waals surface area (Å²) in [6, 6.07) is 12.0. The summed E-state index contributed by atoms with van der Waals surface area (Å²) in [5.74, 6) is 1.22. The number of methoxy groups -OCH3 is 1. The fourth-order valence-corrected chi connectivity index (χ4v) is 5.65. The van der Waals surface area contributed by atoms with Crippen molar-refractivity contribution in [1.29, 1.82) is 0 Å². The van der Waals surface area contributed by atoms with E-state index in [9.17, 15) is 9.18 Å². The predicted molar refractivity (Wildman–Crippen MR) is 150 cm³/mol. The lowest BCUT2D eigenvalue weighted by Crippen LogP contribution is -2.29. The zero-order valence-electron chi connectivity index (χ0n) is 22.5. The zero-order chi connectivity index (χ0) is 27.3. The van der Waals surface area contributed by atoms with Crippen LogP contribution in [0.15, 0.2) is 54.9 Å². The number of halogens is 1. The molecule has 2 aromatic carbocycles. The van der Waals surface area contributed by atoms with Crippen LogP contribution in [0.3, 0.4) is 0 Å². The van der Waals surface area contributed by atoms with Gasteiger partial charge in [0, 0.05) is 36.3 Å². The summed E-state index contributed by atoms with van der Waals surface area (Å²) in [7, 11) is 5.48. The molecular formula is C30H31FN6O2. The van der Waals surface area contributed by atoms with E-state index in [-0.39, 0.29) is 11.7 Å². The van der Waals surface area contributed by atoms with Crippen LogP contribution in [0.5, 0.6) is 5.75 Å². The highest BCUT2D eigenvalue weighted by atomic mass is 19.1. The van der Waals surface area contributed by atoms with E-state index in [4.69, 9.17) is 9.72 Å². The molecule has 1 aliphatic rings. The van der Waals surface area contributed by atoms with Crippen LogP contribution >= 0.6 is 0 Å². The van der Waals surface area contributed by atoms with Crippen LogP contribution < -0.4 is 10.1 Å². The molecule has 0 radical (unpaired) electrons. The number of fused-ring (bicyclic) bond motifs is 2. The molecule has 0 spiro atoms. The first-order valence-corrected chi connectivity index (χ1v) is 13.1. The van der Waals surface area contributed by atoms with E-state index in [1.807, 2.05) is 37.5 Å². The monoisotopic (exact) mass is 526 g/mol. The van der Waals surface area contributed by atoms with E-state index in [2.05, 4.69) is 26.6 Å². The first-order chi connectivity index (χ1) is 18.9. The molecule has 0 aliphatic carbocycles. The second kappa shape index (κ2) is 9.81. The number of likely N-dealkylation sites (tertiary alicyclic amines) is 1. The fraction of sp³-hybridized carbons (Fsp3) is 0.300. The number of benzene rings is 2. The van der Waals surface area contributed by atoms with Crippen LogP contribution in [0.1, 0.15) is 40.8 Å². The van der Waals surface area contributed by atoms with Gasteiger partial charge in [0.25, 0.3) is 5.91 Å². The number of nitrogens with zero attached hydrogens (tertiary/aromatic N) is 5. The van der Waals surface area contributed by atoms with E-state index in [1.54, 1.807) is 36.9 Å². The van der Waals surface area contributed by atoms with Crippen molar-refractivity contribution in [2.75, 3.05) is 32.6 Å². The van der Waals surface area contributed by atoms with Gasteiger partial charge >= 0.3 is 0 Å². The van der Waals surface area contributed by atoms with E-state index < -0.39 is 0 Å². The molecule has 39 heavy (non-hydrogen) atoms. The van der Waals surface area contributed by atoms with Crippen molar-refractivity contribution in [3.8, 4) is 17.0 Å². The lowest BCUT2D eigenvalue weighted by Gasteiger charge is -2.28. The van der Waals surface area contributed by atoms with Crippen LogP contribution in [-0.4, -0.2) is 57.0 Å². The number of amides is 1. The van der Waals surface area contributed by atoms with Gasteiger partial charge in [0.05, 0.1) is 35.2 Å². The Bertz CT molecular complexity index is 1710. The van der Waals surface area contributed by atoms with Crippen LogP contribution in [0.2, 0.25) is 0 Å². The molecule has 0 saturated carbocycles. The number of carbonyl (C=O) groups excluding carboxylic acids is 1. The van der Waals surface area contributed by atoms with Crippen molar-refractivity contribution in [3.63, 3.8) is 0 Å². The average molecular weight is 527 g/mol. The molecule has 0 bridgehead atoms. The highest BCUT2D eigenvalue weighted by Crippen LogP contribution is 2.36. The third-order valence-electron chi connectivity index (χ3n) is 7.84. The number of piperidine rings is 1. The number of aryl methyl sites for hydroxylation is 2. The molecule has 9 heteroatoms. The molecule has 1 amide bonds. The minimum atomic E-state index is -0.360. The molecule has 200 valence electrons. The van der Waals surface area contributed by atoms with Gasteiger partial charge in [-0.3, -0.25) is 14.2 Å². The van der Waals surface area contributed by atoms with Crippen molar-refractivity contribution in [2.45, 2.75) is 25.7 Å². The number of hydrogen-bond acceptors (Lipinski definition) is 5. The number of ether oxygens (including phenoxy) is 1. The molecular weight excluding hydrogens is 495 g/mol. The largest absolute Gasteiger partial charge is 0.495 e. The lowest BCUT2D eigenvalue weighted by molar-refractivity contribution is 0.101. The maximum absolute atomic E-state index is 14.3. The Labute approximate surface area is 226 Å². The average Bonchev–Trinajstić information content (AvgIpc) is 3.49. The van der Waals surface area contributed by atoms with Gasteiger partial charge in [0.15, 0.2) is 0 Å². The van der Waals surface area contributed by atoms with Gasteiger partial charge < -0.3 is 19.5 Å². The zero-order valence-corrected chi connectivity index (χ0v) is 22.5. The topological polar surface area (TPSA) is 76.7 Å². The Hall–Kier alpha value is -4.24. The standard InChI is InChI=1S/C30H31FN6O2/c1-18-28-27(34-29(37(28)15-12-32-18)19-10-13-35(2)14-11-19)20-8-9-23(26(16-20)39-4)33-30(38)25-17-21-22(31)6-5-7-24(21)36(25)3/h5-9,12,15-17,19H,10-11,13-14H2,1-4H3,(H,33,38). The summed E-state index contributed by atoms with van der Waals surface area (Å²) in [5, 5.41) is 3.34. The summed E-state index contributed by atoms with van der Waals surface area (Å²) in [5.41, 5.74) is 5.12. The lowest BCUT2D eigenvalue weighted by atomic mass is 9.96. The van der Waals surface area contributed by atoms with Gasteiger partial charge in [-0.05, 0) is 70.2 Å². The quantitative estimate of drug-likeness (QED) is 0.332. The van der Waals surface area contributed by atoms with Crippen LogP contribution in [0.4, 0.5) is 10.1 Å². The Morgan fingerprint density at radius 3 is 2.67 bits per heavy atom. The summed E-state index contributed by atoms with van der Waals surface area (Å²) in [6.45, 7) is 4.09. The number of imidazole rings is 1. The Morgan fingerprint density at radius 2 is 1.92 bits per heavy atom. The van der Waals surface area contributed by atoms with Crippen LogP contribution in [0, 0.1) is 12.7 Å². The number of hydrogen-bond donors (Lipinski definition) is 1. The van der Waals surface area contributed by atoms with Crippen molar-refractivity contribution in [3.05, 3.63) is 77.9 Å². The van der Waals surface area contributed by atoms with E-state index in [0.717, 1.165) is 54.2 Å². The molecule has 6 rings (SSSR count). The van der Waals surface area contributed by atoms with Gasteiger partial charge in [-0.25, -0.2) is 9.37 Å². The van der Waals surface area contributed by atoms with Crippen molar-refractivity contribution < 1.29 is 13.9 Å². The molecule has 0 atom stereocenters. The molecule has 1 fully saturated rings. The Kier molecular flexibility index (Phi) is 6.31. The number of nitrogens with one attached hydrogen (secondary N) is 1. The predicted octanol–water partition coefficient (Wildman–Crippen LogP) is 5.41. The second-order valence-electron chi connectivity index (χ2n) is 10.3. The molecule has 1 N–H and O–H groups in total. The summed E-state index contributed by atoms with van der Waals surface area (Å²) in [6.07, 6.45) is 5.93. The van der Waals surface area contributed by atoms with Gasteiger partial charge in [0.2, 0.25) is 0 Å². The summed E-state index contributed by atoms with van der Waals surface area (Å²) >= 11 is 0. The molecule has 1 aliphatic heterocycles. The highest BCUT2D eigenvalue weighted by molar-refractivity contribution is 6.07. The number of anilines is 1. The van der Waals surface area contributed by atoms with E-state index in [1.165, 1.54) is 6.07 Å². The second-order valence-corrected chi connectivity index (χ2v) is 10.3. The summed E-state index contributed by atoms with van der Waals surface area (Å²) in [4.78, 5) is 25.3. The first-order valence-electron chi connectivity index (χ1n) is 13.1. The number of carbonyl (C=O) groups is 1. The molecule has 8 nitrogen and oxygen atoms in total. The third kappa shape index (κ3) is 4.32. The molecule has 4 heterocycles. The maximum Gasteiger partial charge on any atom is 0.272 e. The molecule has 5 aromatic rings.